The Morgan fingerprint density at radius 1 is 1.22 bits per heavy atom. The van der Waals surface area contributed by atoms with E-state index < -0.39 is 6.36 Å². The molecule has 0 aliphatic heterocycles. The maximum absolute atomic E-state index is 11.9. The van der Waals surface area contributed by atoms with Crippen LogP contribution in [0, 0.1) is 0 Å². The van der Waals surface area contributed by atoms with Crippen molar-refractivity contribution < 1.29 is 27.4 Å². The van der Waals surface area contributed by atoms with Crippen molar-refractivity contribution in [2.24, 2.45) is 0 Å². The summed E-state index contributed by atoms with van der Waals surface area (Å²) in [5.74, 6) is -0.0993. The molecule has 0 radical (unpaired) electrons. The average Bonchev–Trinajstić information content (AvgIpc) is 2.76. The number of hydrogen-bond acceptors (Lipinski definition) is 4. The van der Waals surface area contributed by atoms with Crippen LogP contribution >= 0.6 is 0 Å². The van der Waals surface area contributed by atoms with Crippen molar-refractivity contribution in [2.75, 3.05) is 0 Å². The first-order valence-corrected chi connectivity index (χ1v) is 4.89. The van der Waals surface area contributed by atoms with Crippen molar-refractivity contribution in [3.63, 3.8) is 0 Å². The molecular weight excluding hydrogens is 251 g/mol. The minimum atomic E-state index is -4.71. The van der Waals surface area contributed by atoms with Gasteiger partial charge < -0.3 is 14.3 Å². The van der Waals surface area contributed by atoms with Crippen molar-refractivity contribution >= 4 is 0 Å². The van der Waals surface area contributed by atoms with Crippen LogP contribution in [0.25, 0.3) is 11.5 Å². The van der Waals surface area contributed by atoms with E-state index in [1.807, 2.05) is 0 Å². The molecule has 18 heavy (non-hydrogen) atoms. The Kier molecular flexibility index (Phi) is 3.24. The summed E-state index contributed by atoms with van der Waals surface area (Å²) in [4.78, 5) is 3.92. The number of nitrogens with zero attached hydrogens (tertiary/aromatic N) is 1. The molecule has 4 nitrogen and oxygen atoms in total. The van der Waals surface area contributed by atoms with Crippen LogP contribution in [0.5, 0.6) is 5.75 Å². The van der Waals surface area contributed by atoms with Crippen LogP contribution in [0.3, 0.4) is 0 Å². The zero-order chi connectivity index (χ0) is 13.2. The molecule has 0 aliphatic rings. The lowest BCUT2D eigenvalue weighted by Crippen LogP contribution is -2.16. The Morgan fingerprint density at radius 3 is 2.39 bits per heavy atom. The molecule has 0 saturated carbocycles. The fraction of sp³-hybridized carbons (Fsp3) is 0.182. The quantitative estimate of drug-likeness (QED) is 0.920. The fourth-order valence-electron chi connectivity index (χ4n) is 1.31. The number of hydrogen-bond donors (Lipinski definition) is 1. The molecule has 0 atom stereocenters. The van der Waals surface area contributed by atoms with Gasteiger partial charge in [0.2, 0.25) is 5.89 Å². The van der Waals surface area contributed by atoms with E-state index in [1.165, 1.54) is 18.4 Å². The Bertz CT molecular complexity index is 519. The third-order valence-electron chi connectivity index (χ3n) is 2.05. The average molecular weight is 259 g/mol. The molecule has 96 valence electrons. The molecule has 0 amide bonds. The number of oxazole rings is 1. The van der Waals surface area contributed by atoms with Gasteiger partial charge in [0, 0.05) is 5.56 Å². The Hall–Kier alpha value is -2.02. The van der Waals surface area contributed by atoms with Crippen LogP contribution in [0.15, 0.2) is 34.9 Å². The van der Waals surface area contributed by atoms with Gasteiger partial charge in [0.05, 0.1) is 6.61 Å². The number of alkyl halides is 3. The molecule has 0 spiro atoms. The number of ether oxygens (including phenoxy) is 1. The SMILES string of the molecule is OCc1coc(-c2ccc(OC(F)(F)F)cc2)n1. The topological polar surface area (TPSA) is 55.5 Å². The number of benzene rings is 1. The van der Waals surface area contributed by atoms with Gasteiger partial charge in [0.25, 0.3) is 0 Å². The second-order valence-electron chi connectivity index (χ2n) is 3.37. The van der Waals surface area contributed by atoms with Crippen molar-refractivity contribution in [2.45, 2.75) is 13.0 Å². The Morgan fingerprint density at radius 2 is 1.89 bits per heavy atom. The van der Waals surface area contributed by atoms with Crippen molar-refractivity contribution in [3.8, 4) is 17.2 Å². The van der Waals surface area contributed by atoms with Crippen molar-refractivity contribution in [1.82, 2.24) is 4.98 Å². The van der Waals surface area contributed by atoms with Crippen LogP contribution in [0.2, 0.25) is 0 Å². The van der Waals surface area contributed by atoms with Gasteiger partial charge in [-0.1, -0.05) is 0 Å². The first kappa shape index (κ1) is 12.4. The van der Waals surface area contributed by atoms with E-state index >= 15 is 0 Å². The summed E-state index contributed by atoms with van der Waals surface area (Å²) < 4.78 is 44.6. The molecule has 1 aromatic carbocycles. The van der Waals surface area contributed by atoms with Crippen molar-refractivity contribution in [1.29, 1.82) is 0 Å². The van der Waals surface area contributed by atoms with E-state index in [-0.39, 0.29) is 18.2 Å². The molecule has 7 heteroatoms. The van der Waals surface area contributed by atoms with Crippen LogP contribution in [-0.4, -0.2) is 16.5 Å². The molecule has 0 aliphatic carbocycles. The highest BCUT2D eigenvalue weighted by atomic mass is 19.4. The summed E-state index contributed by atoms with van der Waals surface area (Å²) in [7, 11) is 0. The Labute approximate surface area is 99.6 Å². The van der Waals surface area contributed by atoms with Gasteiger partial charge in [-0.15, -0.1) is 13.2 Å². The molecular formula is C11H8F3NO3. The van der Waals surface area contributed by atoms with E-state index in [2.05, 4.69) is 9.72 Å². The van der Waals surface area contributed by atoms with Gasteiger partial charge in [-0.2, -0.15) is 0 Å². The minimum Gasteiger partial charge on any atom is -0.444 e. The lowest BCUT2D eigenvalue weighted by atomic mass is 10.2. The smallest absolute Gasteiger partial charge is 0.444 e. The second-order valence-corrected chi connectivity index (χ2v) is 3.37. The zero-order valence-electron chi connectivity index (χ0n) is 8.94. The van der Waals surface area contributed by atoms with Gasteiger partial charge in [-0.3, -0.25) is 0 Å². The zero-order valence-corrected chi connectivity index (χ0v) is 8.94. The highest BCUT2D eigenvalue weighted by molar-refractivity contribution is 5.54. The number of aliphatic hydroxyl groups is 1. The second kappa shape index (κ2) is 4.69. The highest BCUT2D eigenvalue weighted by Crippen LogP contribution is 2.26. The molecule has 2 rings (SSSR count). The Balaban J connectivity index is 2.17. The van der Waals surface area contributed by atoms with Crippen LogP contribution in [-0.2, 0) is 6.61 Å². The van der Waals surface area contributed by atoms with Gasteiger partial charge in [0.1, 0.15) is 17.7 Å². The van der Waals surface area contributed by atoms with E-state index in [0.717, 1.165) is 12.1 Å². The summed E-state index contributed by atoms with van der Waals surface area (Å²) in [5.41, 5.74) is 0.838. The number of halogens is 3. The van der Waals surface area contributed by atoms with Crippen LogP contribution < -0.4 is 4.74 Å². The van der Waals surface area contributed by atoms with E-state index in [4.69, 9.17) is 9.52 Å². The van der Waals surface area contributed by atoms with Crippen molar-refractivity contribution in [3.05, 3.63) is 36.2 Å². The van der Waals surface area contributed by atoms with E-state index in [1.54, 1.807) is 0 Å². The molecule has 0 unspecified atom stereocenters. The summed E-state index contributed by atoms with van der Waals surface area (Å²) in [5, 5.41) is 8.80. The largest absolute Gasteiger partial charge is 0.573 e. The number of aromatic nitrogens is 1. The van der Waals surface area contributed by atoms with Gasteiger partial charge in [-0.05, 0) is 24.3 Å². The maximum atomic E-state index is 11.9. The molecule has 0 saturated heterocycles. The molecule has 0 fully saturated rings. The van der Waals surface area contributed by atoms with Gasteiger partial charge >= 0.3 is 6.36 Å². The molecule has 0 bridgehead atoms. The third-order valence-corrected chi connectivity index (χ3v) is 2.05. The third kappa shape index (κ3) is 3.01. The predicted molar refractivity (Wildman–Crippen MR) is 54.5 cm³/mol. The van der Waals surface area contributed by atoms with E-state index in [0.29, 0.717) is 11.3 Å². The van der Waals surface area contributed by atoms with Crippen LogP contribution in [0.1, 0.15) is 5.69 Å². The lowest BCUT2D eigenvalue weighted by molar-refractivity contribution is -0.274. The first-order chi connectivity index (χ1) is 8.48. The normalized spacial score (nSPS) is 11.6. The summed E-state index contributed by atoms with van der Waals surface area (Å²) in [6, 6.07) is 5.08. The molecule has 1 N–H and O–H groups in total. The molecule has 1 heterocycles. The van der Waals surface area contributed by atoms with E-state index in [9.17, 15) is 13.2 Å². The monoisotopic (exact) mass is 259 g/mol. The standard InChI is InChI=1S/C11H8F3NO3/c12-11(13,14)18-9-3-1-7(2-4-9)10-15-8(5-16)6-17-10/h1-4,6,16H,5H2. The molecule has 1 aromatic heterocycles. The molecule has 2 aromatic rings. The summed E-state index contributed by atoms with van der Waals surface area (Å²) >= 11 is 0. The number of rotatable bonds is 3. The fourth-order valence-corrected chi connectivity index (χ4v) is 1.31. The number of aliphatic hydroxyl groups excluding tert-OH is 1. The minimum absolute atomic E-state index is 0.220. The lowest BCUT2D eigenvalue weighted by Gasteiger charge is -2.08. The highest BCUT2D eigenvalue weighted by Gasteiger charge is 2.31. The van der Waals surface area contributed by atoms with Gasteiger partial charge in [0.15, 0.2) is 0 Å². The summed E-state index contributed by atoms with van der Waals surface area (Å²) in [6.45, 7) is -0.265. The van der Waals surface area contributed by atoms with Gasteiger partial charge in [-0.25, -0.2) is 4.98 Å². The maximum Gasteiger partial charge on any atom is 0.573 e. The first-order valence-electron chi connectivity index (χ1n) is 4.89. The van der Waals surface area contributed by atoms with Crippen LogP contribution in [0.4, 0.5) is 13.2 Å². The summed E-state index contributed by atoms with van der Waals surface area (Å²) in [6.07, 6.45) is -3.44. The predicted octanol–water partition coefficient (Wildman–Crippen LogP) is 2.73.